The van der Waals surface area contributed by atoms with E-state index in [4.69, 9.17) is 4.74 Å². The molecule has 0 aromatic heterocycles. The molecule has 1 aliphatic rings. The zero-order valence-corrected chi connectivity index (χ0v) is 9.71. The van der Waals surface area contributed by atoms with Gasteiger partial charge in [-0.3, -0.25) is 0 Å². The van der Waals surface area contributed by atoms with Crippen molar-refractivity contribution in [2.24, 2.45) is 0 Å². The molecule has 2 rings (SSSR count). The average Bonchev–Trinajstić information content (AvgIpc) is 2.57. The molecule has 0 heterocycles. The number of hydrogen-bond acceptors (Lipinski definition) is 2. The molecule has 1 N–H and O–H groups in total. The molecule has 0 saturated carbocycles. The Morgan fingerprint density at radius 3 is 2.93 bits per heavy atom. The second-order valence-electron chi connectivity index (χ2n) is 4.17. The summed E-state index contributed by atoms with van der Waals surface area (Å²) in [6.45, 7) is 5.06. The lowest BCUT2D eigenvalue weighted by Gasteiger charge is -2.12. The first-order valence-electron chi connectivity index (χ1n) is 5.70. The normalized spacial score (nSPS) is 23.9. The summed E-state index contributed by atoms with van der Waals surface area (Å²) < 4.78 is 5.68. The lowest BCUT2D eigenvalue weighted by molar-refractivity contribution is 0.335. The Bertz CT molecular complexity index is 348. The van der Waals surface area contributed by atoms with Crippen LogP contribution < -0.4 is 10.1 Å². The van der Waals surface area contributed by atoms with Crippen molar-refractivity contribution in [3.63, 3.8) is 0 Å². The summed E-state index contributed by atoms with van der Waals surface area (Å²) in [5.41, 5.74) is 2.81. The molecule has 1 aromatic rings. The minimum absolute atomic E-state index is 0.496. The van der Waals surface area contributed by atoms with Crippen molar-refractivity contribution in [2.45, 2.75) is 32.2 Å². The van der Waals surface area contributed by atoms with Gasteiger partial charge < -0.3 is 10.1 Å². The molecule has 0 radical (unpaired) electrons. The van der Waals surface area contributed by atoms with Gasteiger partial charge in [-0.1, -0.05) is 19.1 Å². The fraction of sp³-hybridized carbons (Fsp3) is 0.538. The van der Waals surface area contributed by atoms with Gasteiger partial charge in [-0.05, 0) is 37.9 Å². The van der Waals surface area contributed by atoms with Crippen molar-refractivity contribution in [1.82, 2.24) is 5.32 Å². The van der Waals surface area contributed by atoms with Crippen molar-refractivity contribution in [2.75, 3.05) is 13.7 Å². The van der Waals surface area contributed by atoms with Gasteiger partial charge in [-0.2, -0.15) is 0 Å². The van der Waals surface area contributed by atoms with Crippen LogP contribution in [-0.2, 0) is 0 Å². The van der Waals surface area contributed by atoms with Crippen molar-refractivity contribution in [3.8, 4) is 5.75 Å². The molecular formula is C13H19NO. The van der Waals surface area contributed by atoms with E-state index in [2.05, 4.69) is 30.4 Å². The summed E-state index contributed by atoms with van der Waals surface area (Å²) in [5.74, 6) is 1.67. The average molecular weight is 205 g/mol. The van der Waals surface area contributed by atoms with E-state index < -0.39 is 0 Å². The lowest BCUT2D eigenvalue weighted by Crippen LogP contribution is -2.12. The molecule has 0 aliphatic heterocycles. The maximum atomic E-state index is 5.68. The zero-order valence-electron chi connectivity index (χ0n) is 9.71. The topological polar surface area (TPSA) is 21.3 Å². The van der Waals surface area contributed by atoms with Gasteiger partial charge >= 0.3 is 0 Å². The first-order chi connectivity index (χ1) is 7.27. The van der Waals surface area contributed by atoms with E-state index in [1.54, 1.807) is 0 Å². The Labute approximate surface area is 91.6 Å². The van der Waals surface area contributed by atoms with Crippen LogP contribution in [0.5, 0.6) is 5.75 Å². The number of hydrogen-bond donors (Lipinski definition) is 1. The summed E-state index contributed by atoms with van der Waals surface area (Å²) >= 11 is 0. The predicted molar refractivity (Wildman–Crippen MR) is 62.4 cm³/mol. The van der Waals surface area contributed by atoms with E-state index in [1.165, 1.54) is 17.5 Å². The molecule has 2 unspecified atom stereocenters. The van der Waals surface area contributed by atoms with E-state index >= 15 is 0 Å². The van der Waals surface area contributed by atoms with Crippen LogP contribution >= 0.6 is 0 Å². The Morgan fingerprint density at radius 1 is 1.47 bits per heavy atom. The molecule has 82 valence electrons. The van der Waals surface area contributed by atoms with Crippen LogP contribution in [0, 0.1) is 0 Å². The number of rotatable bonds is 3. The Balaban J connectivity index is 2.42. The number of ether oxygens (including phenoxy) is 1. The van der Waals surface area contributed by atoms with E-state index in [0.29, 0.717) is 12.0 Å². The van der Waals surface area contributed by atoms with Crippen LogP contribution in [0.2, 0.25) is 0 Å². The summed E-state index contributed by atoms with van der Waals surface area (Å²) in [5, 5.41) is 3.36. The third-order valence-corrected chi connectivity index (χ3v) is 3.21. The first-order valence-corrected chi connectivity index (χ1v) is 5.70. The second kappa shape index (κ2) is 4.23. The van der Waals surface area contributed by atoms with Crippen molar-refractivity contribution < 1.29 is 4.74 Å². The van der Waals surface area contributed by atoms with Gasteiger partial charge in [0.05, 0.1) is 6.61 Å². The largest absolute Gasteiger partial charge is 0.494 e. The zero-order chi connectivity index (χ0) is 10.8. The molecule has 1 aliphatic carbocycles. The third-order valence-electron chi connectivity index (χ3n) is 3.21. The Hall–Kier alpha value is -1.02. The summed E-state index contributed by atoms with van der Waals surface area (Å²) in [6, 6.07) is 6.88. The second-order valence-corrected chi connectivity index (χ2v) is 4.17. The van der Waals surface area contributed by atoms with Gasteiger partial charge in [-0.15, -0.1) is 0 Å². The summed E-state index contributed by atoms with van der Waals surface area (Å²) in [4.78, 5) is 0. The minimum atomic E-state index is 0.496. The fourth-order valence-corrected chi connectivity index (χ4v) is 2.55. The van der Waals surface area contributed by atoms with Gasteiger partial charge in [0.25, 0.3) is 0 Å². The highest BCUT2D eigenvalue weighted by atomic mass is 16.5. The van der Waals surface area contributed by atoms with Gasteiger partial charge in [0.2, 0.25) is 0 Å². The molecule has 0 bridgehead atoms. The lowest BCUT2D eigenvalue weighted by atomic mass is 10.0. The van der Waals surface area contributed by atoms with E-state index in [9.17, 15) is 0 Å². The Morgan fingerprint density at radius 2 is 2.27 bits per heavy atom. The molecule has 2 heteroatoms. The standard InChI is InChI=1S/C13H19NO/c1-4-15-12-7-5-6-10-11(14-3)8-9(2)13(10)12/h5-7,9,11,14H,4,8H2,1-3H3. The molecular weight excluding hydrogens is 186 g/mol. The van der Waals surface area contributed by atoms with E-state index in [0.717, 1.165) is 12.4 Å². The highest BCUT2D eigenvalue weighted by Crippen LogP contribution is 2.44. The van der Waals surface area contributed by atoms with Crippen LogP contribution in [0.4, 0.5) is 0 Å². The SMILES string of the molecule is CCOc1cccc2c1C(C)CC2NC. The maximum Gasteiger partial charge on any atom is 0.123 e. The molecule has 0 spiro atoms. The van der Waals surface area contributed by atoms with Crippen LogP contribution in [-0.4, -0.2) is 13.7 Å². The molecule has 2 nitrogen and oxygen atoms in total. The summed E-state index contributed by atoms with van der Waals surface area (Å²) in [7, 11) is 2.03. The molecule has 2 atom stereocenters. The van der Waals surface area contributed by atoms with Crippen molar-refractivity contribution in [3.05, 3.63) is 29.3 Å². The van der Waals surface area contributed by atoms with Gasteiger partial charge in [0.1, 0.15) is 5.75 Å². The van der Waals surface area contributed by atoms with Crippen molar-refractivity contribution >= 4 is 0 Å². The van der Waals surface area contributed by atoms with Crippen LogP contribution in [0.15, 0.2) is 18.2 Å². The minimum Gasteiger partial charge on any atom is -0.494 e. The quantitative estimate of drug-likeness (QED) is 0.819. The number of benzene rings is 1. The first kappa shape index (κ1) is 10.5. The van der Waals surface area contributed by atoms with Gasteiger partial charge in [-0.25, -0.2) is 0 Å². The third kappa shape index (κ3) is 1.74. The molecule has 0 fully saturated rings. The smallest absolute Gasteiger partial charge is 0.123 e. The molecule has 1 aromatic carbocycles. The molecule has 0 saturated heterocycles. The number of fused-ring (bicyclic) bond motifs is 1. The van der Waals surface area contributed by atoms with Gasteiger partial charge in [0, 0.05) is 11.6 Å². The number of nitrogens with one attached hydrogen (secondary N) is 1. The Kier molecular flexibility index (Phi) is 2.96. The summed E-state index contributed by atoms with van der Waals surface area (Å²) in [6.07, 6.45) is 1.18. The predicted octanol–water partition coefficient (Wildman–Crippen LogP) is 2.85. The van der Waals surface area contributed by atoms with Crippen LogP contribution in [0.3, 0.4) is 0 Å². The van der Waals surface area contributed by atoms with Crippen LogP contribution in [0.25, 0.3) is 0 Å². The fourth-order valence-electron chi connectivity index (χ4n) is 2.55. The molecule has 15 heavy (non-hydrogen) atoms. The van der Waals surface area contributed by atoms with E-state index in [-0.39, 0.29) is 0 Å². The molecule has 0 amide bonds. The maximum absolute atomic E-state index is 5.68. The van der Waals surface area contributed by atoms with Crippen LogP contribution in [0.1, 0.15) is 43.4 Å². The monoisotopic (exact) mass is 205 g/mol. The van der Waals surface area contributed by atoms with Crippen molar-refractivity contribution in [1.29, 1.82) is 0 Å². The highest BCUT2D eigenvalue weighted by molar-refractivity contribution is 5.47. The highest BCUT2D eigenvalue weighted by Gasteiger charge is 2.29. The van der Waals surface area contributed by atoms with E-state index in [1.807, 2.05) is 14.0 Å². The van der Waals surface area contributed by atoms with Gasteiger partial charge in [0.15, 0.2) is 0 Å².